The number of amides is 1. The van der Waals surface area contributed by atoms with Gasteiger partial charge in [-0.3, -0.25) is 4.79 Å². The Morgan fingerprint density at radius 1 is 1.47 bits per heavy atom. The molecule has 3 N–H and O–H groups in total. The van der Waals surface area contributed by atoms with Gasteiger partial charge < -0.3 is 11.1 Å². The third-order valence-electron chi connectivity index (χ3n) is 2.19. The number of nitrogens with two attached hydrogens (primary N) is 1. The van der Waals surface area contributed by atoms with Gasteiger partial charge in [-0.25, -0.2) is 0 Å². The molecule has 17 heavy (non-hydrogen) atoms. The van der Waals surface area contributed by atoms with Gasteiger partial charge in [0.2, 0.25) is 5.91 Å². The van der Waals surface area contributed by atoms with E-state index in [2.05, 4.69) is 15.5 Å². The summed E-state index contributed by atoms with van der Waals surface area (Å²) in [5, 5.41) is 10.5. The van der Waals surface area contributed by atoms with Gasteiger partial charge in [0.25, 0.3) is 0 Å². The molecular formula is C11H17ClN4O. The Kier molecular flexibility index (Phi) is 4.06. The first-order valence-corrected chi connectivity index (χ1v) is 5.69. The lowest BCUT2D eigenvalue weighted by Gasteiger charge is -2.17. The molecule has 0 aliphatic heterocycles. The summed E-state index contributed by atoms with van der Waals surface area (Å²) in [4.78, 5) is 11.8. The van der Waals surface area contributed by atoms with Crippen LogP contribution in [0.2, 0.25) is 5.15 Å². The second kappa shape index (κ2) is 4.98. The molecular weight excluding hydrogens is 240 g/mol. The van der Waals surface area contributed by atoms with Crippen molar-refractivity contribution in [2.45, 2.75) is 33.7 Å². The summed E-state index contributed by atoms with van der Waals surface area (Å²) in [7, 11) is 0. The molecule has 0 unspecified atom stereocenters. The van der Waals surface area contributed by atoms with E-state index < -0.39 is 5.41 Å². The minimum atomic E-state index is -0.490. The van der Waals surface area contributed by atoms with Crippen LogP contribution in [-0.2, 0) is 4.79 Å². The van der Waals surface area contributed by atoms with Crippen LogP contribution in [-0.4, -0.2) is 16.1 Å². The molecule has 0 aromatic carbocycles. The normalized spacial score (nSPS) is 13.3. The van der Waals surface area contributed by atoms with Crippen molar-refractivity contribution >= 4 is 23.3 Å². The molecule has 5 nitrogen and oxygen atoms in total. The second-order valence-corrected chi connectivity index (χ2v) is 5.33. The quantitative estimate of drug-likeness (QED) is 0.849. The average molecular weight is 257 g/mol. The number of hydrogen-bond acceptors (Lipinski definition) is 4. The number of aromatic nitrogens is 2. The zero-order valence-electron chi connectivity index (χ0n) is 10.4. The van der Waals surface area contributed by atoms with E-state index in [1.807, 2.05) is 20.8 Å². The van der Waals surface area contributed by atoms with Gasteiger partial charge in [-0.2, -0.15) is 0 Å². The molecule has 0 saturated heterocycles. The first-order valence-electron chi connectivity index (χ1n) is 5.32. The number of nitrogens with zero attached hydrogens (tertiary/aromatic N) is 2. The van der Waals surface area contributed by atoms with Crippen LogP contribution in [0.4, 0.5) is 5.82 Å². The van der Waals surface area contributed by atoms with Crippen LogP contribution in [0.25, 0.3) is 0 Å². The average Bonchev–Trinajstić information content (AvgIpc) is 2.19. The van der Waals surface area contributed by atoms with Gasteiger partial charge in [-0.15, -0.1) is 10.2 Å². The first-order chi connectivity index (χ1) is 7.71. The van der Waals surface area contributed by atoms with Crippen molar-refractivity contribution in [1.82, 2.24) is 10.2 Å². The lowest BCUT2D eigenvalue weighted by atomic mass is 9.96. The van der Waals surface area contributed by atoms with Crippen LogP contribution in [0.15, 0.2) is 6.07 Å². The Hall–Kier alpha value is -1.20. The summed E-state index contributed by atoms with van der Waals surface area (Å²) in [6.07, 6.45) is 0. The Labute approximate surface area is 106 Å². The van der Waals surface area contributed by atoms with Crippen molar-refractivity contribution in [3.63, 3.8) is 0 Å². The SMILES string of the molecule is C[C@@H](N)c1cc(NC(=O)C(C)(C)C)nnc1Cl. The molecule has 0 spiro atoms. The highest BCUT2D eigenvalue weighted by molar-refractivity contribution is 6.30. The van der Waals surface area contributed by atoms with Gasteiger partial charge in [0, 0.05) is 17.0 Å². The standard InChI is InChI=1S/C11H17ClN4O/c1-6(13)7-5-8(15-16-9(7)12)14-10(17)11(2,3)4/h5-6H,13H2,1-4H3,(H,14,15,17)/t6-/m1/s1. The molecule has 1 aromatic heterocycles. The van der Waals surface area contributed by atoms with E-state index in [-0.39, 0.29) is 17.1 Å². The third kappa shape index (κ3) is 3.64. The zero-order valence-corrected chi connectivity index (χ0v) is 11.2. The third-order valence-corrected chi connectivity index (χ3v) is 2.48. The van der Waals surface area contributed by atoms with Gasteiger partial charge >= 0.3 is 0 Å². The van der Waals surface area contributed by atoms with Gasteiger partial charge in [0.15, 0.2) is 11.0 Å². The number of carbonyl (C=O) groups excluding carboxylic acids is 1. The highest BCUT2D eigenvalue weighted by Crippen LogP contribution is 2.22. The highest BCUT2D eigenvalue weighted by atomic mass is 35.5. The Morgan fingerprint density at radius 3 is 2.53 bits per heavy atom. The molecule has 0 radical (unpaired) electrons. The molecule has 0 fully saturated rings. The van der Waals surface area contributed by atoms with E-state index in [0.717, 1.165) is 0 Å². The molecule has 1 aromatic rings. The van der Waals surface area contributed by atoms with Crippen molar-refractivity contribution in [2.75, 3.05) is 5.32 Å². The van der Waals surface area contributed by atoms with Crippen LogP contribution < -0.4 is 11.1 Å². The van der Waals surface area contributed by atoms with Gasteiger partial charge in [-0.05, 0) is 13.0 Å². The van der Waals surface area contributed by atoms with Crippen LogP contribution in [0, 0.1) is 5.41 Å². The van der Waals surface area contributed by atoms with Gasteiger partial charge in [-0.1, -0.05) is 32.4 Å². The molecule has 0 aliphatic rings. The summed E-state index contributed by atoms with van der Waals surface area (Å²) in [5.74, 6) is 0.228. The number of halogens is 1. The van der Waals surface area contributed by atoms with Gasteiger partial charge in [0.1, 0.15) is 0 Å². The van der Waals surface area contributed by atoms with Crippen LogP contribution in [0.3, 0.4) is 0 Å². The van der Waals surface area contributed by atoms with Gasteiger partial charge in [0.05, 0.1) is 0 Å². The fraction of sp³-hybridized carbons (Fsp3) is 0.545. The van der Waals surface area contributed by atoms with Crippen molar-refractivity contribution in [3.05, 3.63) is 16.8 Å². The van der Waals surface area contributed by atoms with Crippen LogP contribution in [0.5, 0.6) is 0 Å². The van der Waals surface area contributed by atoms with Crippen molar-refractivity contribution < 1.29 is 4.79 Å². The maximum Gasteiger partial charge on any atom is 0.230 e. The number of rotatable bonds is 2. The summed E-state index contributed by atoms with van der Waals surface area (Å²) < 4.78 is 0. The van der Waals surface area contributed by atoms with Crippen LogP contribution >= 0.6 is 11.6 Å². The lowest BCUT2D eigenvalue weighted by Crippen LogP contribution is -2.28. The predicted molar refractivity (Wildman–Crippen MR) is 67.7 cm³/mol. The molecule has 1 atom stereocenters. The van der Waals surface area contributed by atoms with E-state index in [0.29, 0.717) is 11.4 Å². The molecule has 6 heteroatoms. The van der Waals surface area contributed by atoms with E-state index in [1.165, 1.54) is 0 Å². The number of hydrogen-bond donors (Lipinski definition) is 2. The molecule has 0 aliphatic carbocycles. The summed E-state index contributed by atoms with van der Waals surface area (Å²) in [5.41, 5.74) is 5.90. The molecule has 1 amide bonds. The predicted octanol–water partition coefficient (Wildman–Crippen LogP) is 2.13. The monoisotopic (exact) mass is 256 g/mol. The molecule has 1 rings (SSSR count). The summed E-state index contributed by atoms with van der Waals surface area (Å²) >= 11 is 5.85. The van der Waals surface area contributed by atoms with E-state index in [9.17, 15) is 4.79 Å². The molecule has 0 bridgehead atoms. The number of nitrogens with one attached hydrogen (secondary N) is 1. The van der Waals surface area contributed by atoms with E-state index in [1.54, 1.807) is 13.0 Å². The lowest BCUT2D eigenvalue weighted by molar-refractivity contribution is -0.123. The molecule has 1 heterocycles. The number of carbonyl (C=O) groups is 1. The maximum absolute atomic E-state index is 11.8. The Morgan fingerprint density at radius 2 is 2.06 bits per heavy atom. The van der Waals surface area contributed by atoms with E-state index in [4.69, 9.17) is 17.3 Å². The smallest absolute Gasteiger partial charge is 0.230 e. The fourth-order valence-corrected chi connectivity index (χ4v) is 1.34. The topological polar surface area (TPSA) is 80.9 Å². The highest BCUT2D eigenvalue weighted by Gasteiger charge is 2.22. The summed E-state index contributed by atoms with van der Waals surface area (Å²) in [6, 6.07) is 1.38. The minimum Gasteiger partial charge on any atom is -0.324 e. The van der Waals surface area contributed by atoms with Crippen molar-refractivity contribution in [3.8, 4) is 0 Å². The van der Waals surface area contributed by atoms with Crippen LogP contribution in [0.1, 0.15) is 39.3 Å². The second-order valence-electron chi connectivity index (χ2n) is 4.97. The zero-order chi connectivity index (χ0) is 13.2. The Balaban J connectivity index is 2.94. The maximum atomic E-state index is 11.8. The number of anilines is 1. The van der Waals surface area contributed by atoms with Crippen molar-refractivity contribution in [1.29, 1.82) is 0 Å². The first kappa shape index (κ1) is 13.9. The molecule has 0 saturated carbocycles. The fourth-order valence-electron chi connectivity index (χ4n) is 1.08. The Bertz CT molecular complexity index is 426. The summed E-state index contributed by atoms with van der Waals surface area (Å²) in [6.45, 7) is 7.24. The largest absolute Gasteiger partial charge is 0.324 e. The molecule has 94 valence electrons. The van der Waals surface area contributed by atoms with Crippen molar-refractivity contribution in [2.24, 2.45) is 11.1 Å². The minimum absolute atomic E-state index is 0.134. The van der Waals surface area contributed by atoms with E-state index >= 15 is 0 Å².